The average molecular weight is 286 g/mol. The number of aryl methyl sites for hydroxylation is 2. The molecule has 3 N–H and O–H groups in total. The highest BCUT2D eigenvalue weighted by atomic mass is 32.1. The zero-order valence-corrected chi connectivity index (χ0v) is 12.0. The van der Waals surface area contributed by atoms with Crippen LogP contribution in [0, 0.1) is 13.8 Å². The number of hydrogen-bond donors (Lipinski definition) is 3. The van der Waals surface area contributed by atoms with Gasteiger partial charge in [-0.25, -0.2) is 4.98 Å². The first-order chi connectivity index (χ1) is 9.54. The summed E-state index contributed by atoms with van der Waals surface area (Å²) in [5, 5.41) is 6.54. The van der Waals surface area contributed by atoms with Gasteiger partial charge in [-0.05, 0) is 31.6 Å². The highest BCUT2D eigenvalue weighted by molar-refractivity contribution is 7.80. The van der Waals surface area contributed by atoms with Gasteiger partial charge in [0.1, 0.15) is 11.6 Å². The summed E-state index contributed by atoms with van der Waals surface area (Å²) in [6.45, 7) is 3.77. The van der Waals surface area contributed by atoms with Crippen molar-refractivity contribution in [1.82, 2.24) is 15.3 Å². The zero-order chi connectivity index (χ0) is 14.3. The molecule has 0 saturated heterocycles. The highest BCUT2D eigenvalue weighted by Crippen LogP contribution is 2.27. The van der Waals surface area contributed by atoms with Crippen molar-refractivity contribution in [2.75, 3.05) is 5.32 Å². The Morgan fingerprint density at radius 1 is 1.20 bits per heavy atom. The molecule has 1 aliphatic heterocycles. The fraction of sp³-hybridized carbons (Fsp3) is 0.214. The molecule has 0 bridgehead atoms. The number of fused-ring (bicyclic) bond motifs is 1. The van der Waals surface area contributed by atoms with Crippen LogP contribution in [-0.4, -0.2) is 15.1 Å². The van der Waals surface area contributed by atoms with Crippen molar-refractivity contribution >= 4 is 23.1 Å². The normalized spacial score (nSPS) is 17.1. The molecule has 1 aliphatic rings. The van der Waals surface area contributed by atoms with E-state index in [1.165, 1.54) is 5.56 Å². The summed E-state index contributed by atoms with van der Waals surface area (Å²) < 4.78 is 0. The molecule has 5 nitrogen and oxygen atoms in total. The molecule has 102 valence electrons. The molecule has 0 fully saturated rings. The van der Waals surface area contributed by atoms with Crippen LogP contribution in [0.3, 0.4) is 0 Å². The molecule has 2 aromatic rings. The van der Waals surface area contributed by atoms with Gasteiger partial charge >= 0.3 is 0 Å². The lowest BCUT2D eigenvalue weighted by atomic mass is 9.98. The summed E-state index contributed by atoms with van der Waals surface area (Å²) in [6, 6.07) is 7.72. The maximum absolute atomic E-state index is 12.2. The summed E-state index contributed by atoms with van der Waals surface area (Å²) in [5.41, 5.74) is 2.56. The highest BCUT2D eigenvalue weighted by Gasteiger charge is 2.28. The molecule has 0 amide bonds. The average Bonchev–Trinajstić information content (AvgIpc) is 2.37. The minimum atomic E-state index is -0.281. The summed E-state index contributed by atoms with van der Waals surface area (Å²) in [5.74, 6) is 1.09. The number of thiocarbonyl (C=S) groups is 1. The molecule has 2 heterocycles. The van der Waals surface area contributed by atoms with E-state index in [4.69, 9.17) is 12.2 Å². The first-order valence-corrected chi connectivity index (χ1v) is 6.70. The van der Waals surface area contributed by atoms with Crippen molar-refractivity contribution in [3.63, 3.8) is 0 Å². The second kappa shape index (κ2) is 4.72. The van der Waals surface area contributed by atoms with Crippen LogP contribution in [-0.2, 0) is 0 Å². The van der Waals surface area contributed by atoms with Gasteiger partial charge in [0.25, 0.3) is 5.56 Å². The smallest absolute Gasteiger partial charge is 0.258 e. The van der Waals surface area contributed by atoms with E-state index in [0.717, 1.165) is 5.56 Å². The van der Waals surface area contributed by atoms with Crippen LogP contribution < -0.4 is 16.2 Å². The molecular formula is C14H14N4OS. The van der Waals surface area contributed by atoms with E-state index in [-0.39, 0.29) is 11.6 Å². The maximum Gasteiger partial charge on any atom is 0.258 e. The first-order valence-electron chi connectivity index (χ1n) is 6.29. The topological polar surface area (TPSA) is 69.8 Å². The van der Waals surface area contributed by atoms with Gasteiger partial charge in [0.05, 0.1) is 11.6 Å². The fourth-order valence-electron chi connectivity index (χ4n) is 2.31. The Morgan fingerprint density at radius 2 is 1.90 bits per heavy atom. The molecular weight excluding hydrogens is 272 g/mol. The Bertz CT molecular complexity index is 736. The molecule has 3 rings (SSSR count). The Kier molecular flexibility index (Phi) is 3.02. The Balaban J connectivity index is 2.17. The number of aromatic amines is 1. The fourth-order valence-corrected chi connectivity index (χ4v) is 2.53. The van der Waals surface area contributed by atoms with Crippen molar-refractivity contribution in [3.8, 4) is 0 Å². The molecule has 1 unspecified atom stereocenters. The SMILES string of the molecule is Cc1ccc(C2NC(=S)Nc3nc(C)[nH]c(=O)c32)cc1. The number of anilines is 1. The van der Waals surface area contributed by atoms with Crippen LogP contribution in [0.15, 0.2) is 29.1 Å². The van der Waals surface area contributed by atoms with E-state index < -0.39 is 0 Å². The Morgan fingerprint density at radius 3 is 2.60 bits per heavy atom. The van der Waals surface area contributed by atoms with Crippen LogP contribution in [0.4, 0.5) is 5.82 Å². The predicted molar refractivity (Wildman–Crippen MR) is 82.0 cm³/mol. The predicted octanol–water partition coefficient (Wildman–Crippen LogP) is 1.78. The summed E-state index contributed by atoms with van der Waals surface area (Å²) in [6.07, 6.45) is 0. The monoisotopic (exact) mass is 286 g/mol. The van der Waals surface area contributed by atoms with Crippen LogP contribution in [0.25, 0.3) is 0 Å². The third-order valence-electron chi connectivity index (χ3n) is 3.28. The molecule has 20 heavy (non-hydrogen) atoms. The van der Waals surface area contributed by atoms with E-state index in [9.17, 15) is 4.79 Å². The third-order valence-corrected chi connectivity index (χ3v) is 3.50. The van der Waals surface area contributed by atoms with E-state index in [0.29, 0.717) is 22.3 Å². The van der Waals surface area contributed by atoms with Gasteiger partial charge in [-0.3, -0.25) is 4.79 Å². The summed E-state index contributed by atoms with van der Waals surface area (Å²) in [7, 11) is 0. The minimum absolute atomic E-state index is 0.152. The van der Waals surface area contributed by atoms with E-state index in [1.54, 1.807) is 6.92 Å². The molecule has 1 aromatic heterocycles. The van der Waals surface area contributed by atoms with E-state index in [2.05, 4.69) is 20.6 Å². The van der Waals surface area contributed by atoms with Crippen LogP contribution in [0.2, 0.25) is 0 Å². The standard InChI is InChI=1S/C14H14N4OS/c1-7-3-5-9(6-4-7)11-10-12(18-14(20)17-11)15-8(2)16-13(10)19/h3-6,11H,1-2H3,(H3,15,16,17,18,19,20). The van der Waals surface area contributed by atoms with E-state index in [1.807, 2.05) is 31.2 Å². The van der Waals surface area contributed by atoms with Crippen molar-refractivity contribution in [2.24, 2.45) is 0 Å². The lowest BCUT2D eigenvalue weighted by Gasteiger charge is -2.28. The molecule has 1 aromatic carbocycles. The number of nitrogens with zero attached hydrogens (tertiary/aromatic N) is 1. The van der Waals surface area contributed by atoms with Gasteiger partial charge in [-0.15, -0.1) is 0 Å². The number of nitrogens with one attached hydrogen (secondary N) is 3. The number of benzene rings is 1. The molecule has 0 spiro atoms. The van der Waals surface area contributed by atoms with Gasteiger partial charge in [0.15, 0.2) is 5.11 Å². The first kappa shape index (κ1) is 12.8. The van der Waals surface area contributed by atoms with Gasteiger partial charge in [-0.2, -0.15) is 0 Å². The third kappa shape index (κ3) is 2.18. The largest absolute Gasteiger partial charge is 0.351 e. The maximum atomic E-state index is 12.2. The number of rotatable bonds is 1. The van der Waals surface area contributed by atoms with Gasteiger partial charge in [-0.1, -0.05) is 29.8 Å². The number of hydrogen-bond acceptors (Lipinski definition) is 3. The van der Waals surface area contributed by atoms with Crippen molar-refractivity contribution in [2.45, 2.75) is 19.9 Å². The number of H-pyrrole nitrogens is 1. The molecule has 0 saturated carbocycles. The van der Waals surface area contributed by atoms with Gasteiger partial charge in [0, 0.05) is 0 Å². The van der Waals surface area contributed by atoms with Crippen LogP contribution in [0.5, 0.6) is 0 Å². The lowest BCUT2D eigenvalue weighted by molar-refractivity contribution is 0.731. The minimum Gasteiger partial charge on any atom is -0.351 e. The molecule has 0 aliphatic carbocycles. The second-order valence-electron chi connectivity index (χ2n) is 4.86. The van der Waals surface area contributed by atoms with Gasteiger partial charge in [0.2, 0.25) is 0 Å². The molecule has 1 atom stereocenters. The van der Waals surface area contributed by atoms with Crippen LogP contribution >= 0.6 is 12.2 Å². The molecule has 0 radical (unpaired) electrons. The van der Waals surface area contributed by atoms with Crippen molar-refractivity contribution in [1.29, 1.82) is 0 Å². The van der Waals surface area contributed by atoms with Crippen molar-refractivity contribution in [3.05, 3.63) is 57.1 Å². The summed E-state index contributed by atoms with van der Waals surface area (Å²) >= 11 is 5.20. The zero-order valence-electron chi connectivity index (χ0n) is 11.2. The molecule has 6 heteroatoms. The Labute approximate surface area is 121 Å². The quantitative estimate of drug-likeness (QED) is 0.697. The van der Waals surface area contributed by atoms with Crippen molar-refractivity contribution < 1.29 is 0 Å². The number of aromatic nitrogens is 2. The van der Waals surface area contributed by atoms with Gasteiger partial charge < -0.3 is 15.6 Å². The lowest BCUT2D eigenvalue weighted by Crippen LogP contribution is -2.42. The second-order valence-corrected chi connectivity index (χ2v) is 5.26. The summed E-state index contributed by atoms with van der Waals surface area (Å²) in [4.78, 5) is 19.3. The van der Waals surface area contributed by atoms with E-state index >= 15 is 0 Å². The van der Waals surface area contributed by atoms with Crippen LogP contribution in [0.1, 0.15) is 28.6 Å². The Hall–Kier alpha value is -2.21.